The molecule has 5 rings (SSSR count). The van der Waals surface area contributed by atoms with Crippen LogP contribution in [0.5, 0.6) is 5.75 Å². The van der Waals surface area contributed by atoms with Gasteiger partial charge in [-0.2, -0.15) is 0 Å². The molecule has 34 heavy (non-hydrogen) atoms. The Morgan fingerprint density at radius 3 is 2.41 bits per heavy atom. The molecule has 1 fully saturated rings. The van der Waals surface area contributed by atoms with Crippen LogP contribution < -0.4 is 14.4 Å². The van der Waals surface area contributed by atoms with E-state index >= 15 is 0 Å². The van der Waals surface area contributed by atoms with Crippen LogP contribution in [0.2, 0.25) is 0 Å². The highest BCUT2D eigenvalue weighted by molar-refractivity contribution is 7.89. The minimum absolute atomic E-state index is 0.135. The second-order valence-corrected chi connectivity index (χ2v) is 10.5. The number of carbonyl (C=O) groups excluding carboxylic acids is 1. The second kappa shape index (κ2) is 9.19. The topological polar surface area (TPSA) is 75.7 Å². The molecular weight excluding hydrogens is 455 g/mol. The molecule has 1 saturated carbocycles. The number of sulfonamides is 1. The van der Waals surface area contributed by atoms with Crippen molar-refractivity contribution in [3.8, 4) is 5.75 Å². The van der Waals surface area contributed by atoms with Crippen LogP contribution in [0.25, 0.3) is 0 Å². The highest BCUT2D eigenvalue weighted by atomic mass is 32.2. The minimum atomic E-state index is -3.70. The van der Waals surface area contributed by atoms with Crippen molar-refractivity contribution >= 4 is 21.6 Å². The number of anilines is 1. The van der Waals surface area contributed by atoms with E-state index in [1.165, 1.54) is 12.1 Å². The molecule has 1 aliphatic carbocycles. The van der Waals surface area contributed by atoms with Gasteiger partial charge in [-0.05, 0) is 78.4 Å². The Labute approximate surface area is 198 Å². The zero-order valence-electron chi connectivity index (χ0n) is 18.5. The van der Waals surface area contributed by atoms with Gasteiger partial charge in [-0.25, -0.2) is 17.5 Å². The van der Waals surface area contributed by atoms with Crippen molar-refractivity contribution < 1.29 is 22.3 Å². The predicted molar refractivity (Wildman–Crippen MR) is 126 cm³/mol. The van der Waals surface area contributed by atoms with Crippen molar-refractivity contribution in [3.05, 3.63) is 89.2 Å². The molecule has 176 valence electrons. The Balaban J connectivity index is 1.18. The van der Waals surface area contributed by atoms with E-state index < -0.39 is 10.0 Å². The summed E-state index contributed by atoms with van der Waals surface area (Å²) in [5, 5.41) is 0. The monoisotopic (exact) mass is 480 g/mol. The molecule has 8 heteroatoms. The van der Waals surface area contributed by atoms with Gasteiger partial charge in [0.15, 0.2) is 0 Å². The largest absolute Gasteiger partial charge is 0.489 e. The SMILES string of the molecule is O=C(C1CC1)N1CCc2cc(S(=O)(=O)NCc3ccc(OCc4ccc(F)cc4)cc3)ccc21. The lowest BCUT2D eigenvalue weighted by Gasteiger charge is -2.17. The fraction of sp³-hybridized carbons (Fsp3) is 0.269. The summed E-state index contributed by atoms with van der Waals surface area (Å²) < 4.78 is 47.0. The van der Waals surface area contributed by atoms with Gasteiger partial charge in [0.25, 0.3) is 0 Å². The van der Waals surface area contributed by atoms with Gasteiger partial charge in [0.2, 0.25) is 15.9 Å². The third-order valence-electron chi connectivity index (χ3n) is 6.16. The molecule has 1 heterocycles. The first-order chi connectivity index (χ1) is 16.4. The highest BCUT2D eigenvalue weighted by Crippen LogP contribution is 2.37. The van der Waals surface area contributed by atoms with Gasteiger partial charge in [0, 0.05) is 24.7 Å². The van der Waals surface area contributed by atoms with E-state index in [1.807, 2.05) is 0 Å². The first-order valence-corrected chi connectivity index (χ1v) is 12.8. The zero-order chi connectivity index (χ0) is 23.7. The summed E-state index contributed by atoms with van der Waals surface area (Å²) in [5.41, 5.74) is 3.36. The fourth-order valence-electron chi connectivity index (χ4n) is 4.04. The van der Waals surface area contributed by atoms with Gasteiger partial charge in [-0.15, -0.1) is 0 Å². The van der Waals surface area contributed by atoms with Crippen LogP contribution in [0.4, 0.5) is 10.1 Å². The highest BCUT2D eigenvalue weighted by Gasteiger charge is 2.36. The van der Waals surface area contributed by atoms with E-state index in [2.05, 4.69) is 4.72 Å². The molecule has 3 aromatic rings. The van der Waals surface area contributed by atoms with E-state index in [-0.39, 0.29) is 29.1 Å². The molecule has 0 radical (unpaired) electrons. The summed E-state index contributed by atoms with van der Waals surface area (Å²) in [5.74, 6) is 0.634. The van der Waals surface area contributed by atoms with Crippen LogP contribution in [0.1, 0.15) is 29.5 Å². The summed E-state index contributed by atoms with van der Waals surface area (Å²) in [7, 11) is -3.70. The van der Waals surface area contributed by atoms with Gasteiger partial charge in [0.1, 0.15) is 18.2 Å². The molecule has 0 spiro atoms. The Morgan fingerprint density at radius 1 is 1.00 bits per heavy atom. The smallest absolute Gasteiger partial charge is 0.240 e. The number of nitrogens with zero attached hydrogens (tertiary/aromatic N) is 1. The van der Waals surface area contributed by atoms with Gasteiger partial charge in [-0.1, -0.05) is 24.3 Å². The maximum atomic E-state index is 13.0. The second-order valence-electron chi connectivity index (χ2n) is 8.69. The predicted octanol–water partition coefficient (Wildman–Crippen LogP) is 4.18. The van der Waals surface area contributed by atoms with Crippen LogP contribution in [0.15, 0.2) is 71.6 Å². The summed E-state index contributed by atoms with van der Waals surface area (Å²) in [6.45, 7) is 1.06. The Bertz CT molecular complexity index is 1300. The standard InChI is InChI=1S/C26H25FN2O4S/c27-22-7-1-19(2-8-22)17-33-23-9-3-18(4-10-23)16-28-34(31,32)24-11-12-25-21(15-24)13-14-29(25)26(30)20-5-6-20/h1-4,7-12,15,20,28H,5-6,13-14,16-17H2. The Hall–Kier alpha value is -3.23. The maximum absolute atomic E-state index is 13.0. The molecule has 2 aliphatic rings. The Morgan fingerprint density at radius 2 is 1.71 bits per heavy atom. The molecule has 0 saturated heterocycles. The molecule has 3 aromatic carbocycles. The minimum Gasteiger partial charge on any atom is -0.489 e. The van der Waals surface area contributed by atoms with Crippen molar-refractivity contribution in [2.24, 2.45) is 5.92 Å². The molecule has 0 bridgehead atoms. The Kier molecular flexibility index (Phi) is 6.10. The number of nitrogens with one attached hydrogen (secondary N) is 1. The van der Waals surface area contributed by atoms with Crippen LogP contribution in [-0.2, 0) is 34.4 Å². The molecule has 1 N–H and O–H groups in total. The number of benzene rings is 3. The van der Waals surface area contributed by atoms with E-state index in [1.54, 1.807) is 59.5 Å². The van der Waals surface area contributed by atoms with E-state index in [9.17, 15) is 17.6 Å². The number of carbonyl (C=O) groups is 1. The number of ether oxygens (including phenoxy) is 1. The molecule has 6 nitrogen and oxygen atoms in total. The summed E-state index contributed by atoms with van der Waals surface area (Å²) >= 11 is 0. The summed E-state index contributed by atoms with van der Waals surface area (Å²) in [6, 6.07) is 18.2. The van der Waals surface area contributed by atoms with Crippen LogP contribution in [-0.4, -0.2) is 20.9 Å². The lowest BCUT2D eigenvalue weighted by Crippen LogP contribution is -2.30. The first-order valence-electron chi connectivity index (χ1n) is 11.3. The first kappa shape index (κ1) is 22.6. The van der Waals surface area contributed by atoms with Gasteiger partial charge >= 0.3 is 0 Å². The molecule has 1 amide bonds. The van der Waals surface area contributed by atoms with E-state index in [4.69, 9.17) is 4.74 Å². The molecule has 0 unspecified atom stereocenters. The molecule has 0 aromatic heterocycles. The molecule has 1 aliphatic heterocycles. The number of hydrogen-bond donors (Lipinski definition) is 1. The van der Waals surface area contributed by atoms with Crippen molar-refractivity contribution in [2.75, 3.05) is 11.4 Å². The number of hydrogen-bond acceptors (Lipinski definition) is 4. The lowest BCUT2D eigenvalue weighted by atomic mass is 10.2. The summed E-state index contributed by atoms with van der Waals surface area (Å²) in [4.78, 5) is 14.4. The molecule has 0 atom stereocenters. The van der Waals surface area contributed by atoms with Crippen LogP contribution >= 0.6 is 0 Å². The number of fused-ring (bicyclic) bond motifs is 1. The summed E-state index contributed by atoms with van der Waals surface area (Å²) in [6.07, 6.45) is 2.56. The van der Waals surface area contributed by atoms with Crippen molar-refractivity contribution in [2.45, 2.75) is 37.3 Å². The fourth-order valence-corrected chi connectivity index (χ4v) is 5.11. The number of rotatable bonds is 8. The third-order valence-corrected chi connectivity index (χ3v) is 7.56. The average Bonchev–Trinajstić information content (AvgIpc) is 3.61. The maximum Gasteiger partial charge on any atom is 0.240 e. The van der Waals surface area contributed by atoms with Gasteiger partial charge in [-0.3, -0.25) is 4.79 Å². The van der Waals surface area contributed by atoms with Crippen LogP contribution in [0, 0.1) is 11.7 Å². The van der Waals surface area contributed by atoms with Crippen LogP contribution in [0.3, 0.4) is 0 Å². The number of amides is 1. The third kappa shape index (κ3) is 4.98. The number of halogens is 1. The zero-order valence-corrected chi connectivity index (χ0v) is 19.4. The van der Waals surface area contributed by atoms with Gasteiger partial charge in [0.05, 0.1) is 4.90 Å². The van der Waals surface area contributed by atoms with Crippen molar-refractivity contribution in [1.29, 1.82) is 0 Å². The van der Waals surface area contributed by atoms with E-state index in [0.29, 0.717) is 25.3 Å². The van der Waals surface area contributed by atoms with Gasteiger partial charge < -0.3 is 9.64 Å². The normalized spacial score (nSPS) is 15.3. The quantitative estimate of drug-likeness (QED) is 0.525. The molecular formula is C26H25FN2O4S. The van der Waals surface area contributed by atoms with Crippen molar-refractivity contribution in [3.63, 3.8) is 0 Å². The lowest BCUT2D eigenvalue weighted by molar-refractivity contribution is -0.119. The van der Waals surface area contributed by atoms with Crippen molar-refractivity contribution in [1.82, 2.24) is 4.72 Å². The average molecular weight is 481 g/mol. The van der Waals surface area contributed by atoms with E-state index in [0.717, 1.165) is 35.2 Å².